The largest absolute Gasteiger partial charge is 0.481 e. The van der Waals surface area contributed by atoms with Gasteiger partial charge in [-0.1, -0.05) is 109 Å². The fraction of sp³-hybridized carbons (Fsp3) is 0.875. The summed E-state index contributed by atoms with van der Waals surface area (Å²) in [5.41, 5.74) is 0. The lowest BCUT2D eigenvalue weighted by Crippen LogP contribution is -1.93. The monoisotopic (exact) mass is 366 g/mol. The van der Waals surface area contributed by atoms with Crippen molar-refractivity contribution in [1.82, 2.24) is 0 Å². The number of carbonyl (C=O) groups is 1. The molecule has 0 saturated carbocycles. The topological polar surface area (TPSA) is 37.3 Å². The lowest BCUT2D eigenvalue weighted by atomic mass is 10.0. The molecule has 0 fully saturated rings. The van der Waals surface area contributed by atoms with Gasteiger partial charge in [0.15, 0.2) is 0 Å². The minimum atomic E-state index is -0.664. The van der Waals surface area contributed by atoms with E-state index in [-0.39, 0.29) is 0 Å². The van der Waals surface area contributed by atoms with Crippen LogP contribution >= 0.6 is 0 Å². The lowest BCUT2D eigenvalue weighted by Gasteiger charge is -2.02. The van der Waals surface area contributed by atoms with Crippen LogP contribution in [0.5, 0.6) is 0 Å². The summed E-state index contributed by atoms with van der Waals surface area (Å²) < 4.78 is 0. The summed E-state index contributed by atoms with van der Waals surface area (Å²) in [7, 11) is 0. The van der Waals surface area contributed by atoms with E-state index in [4.69, 9.17) is 5.11 Å². The molecular formula is C24H46O2. The molecule has 0 heterocycles. The Morgan fingerprint density at radius 2 is 0.923 bits per heavy atom. The number of hydrogen-bond acceptors (Lipinski definition) is 1. The van der Waals surface area contributed by atoms with E-state index < -0.39 is 5.97 Å². The predicted octanol–water partition coefficient (Wildman–Crippen LogP) is 8.45. The van der Waals surface area contributed by atoms with E-state index >= 15 is 0 Å². The molecule has 0 bridgehead atoms. The molecule has 2 heteroatoms. The number of carboxylic acid groups (broad SMARTS) is 1. The van der Waals surface area contributed by atoms with Crippen LogP contribution in [0.2, 0.25) is 0 Å². The number of unbranched alkanes of at least 4 members (excludes halogenated alkanes) is 17. The molecule has 0 aliphatic rings. The summed E-state index contributed by atoms with van der Waals surface area (Å²) in [4.78, 5) is 10.4. The van der Waals surface area contributed by atoms with Gasteiger partial charge in [0.25, 0.3) is 0 Å². The van der Waals surface area contributed by atoms with Crippen LogP contribution in [0.3, 0.4) is 0 Å². The van der Waals surface area contributed by atoms with Crippen molar-refractivity contribution in [1.29, 1.82) is 0 Å². The minimum absolute atomic E-state index is 0.328. The SMILES string of the molecule is CCCCCCCCCCCCCCCC=CCCCCCCC(=O)O. The number of rotatable bonds is 21. The highest BCUT2D eigenvalue weighted by Crippen LogP contribution is 2.13. The third-order valence-corrected chi connectivity index (χ3v) is 5.15. The van der Waals surface area contributed by atoms with Crippen molar-refractivity contribution in [3.05, 3.63) is 12.2 Å². The second-order valence-corrected chi connectivity index (χ2v) is 7.85. The molecule has 0 spiro atoms. The predicted molar refractivity (Wildman–Crippen MR) is 115 cm³/mol. The molecule has 0 aliphatic carbocycles. The zero-order valence-corrected chi connectivity index (χ0v) is 17.7. The third-order valence-electron chi connectivity index (χ3n) is 5.15. The van der Waals surface area contributed by atoms with Crippen molar-refractivity contribution in [2.24, 2.45) is 0 Å². The van der Waals surface area contributed by atoms with Crippen LogP contribution in [-0.4, -0.2) is 11.1 Å². The van der Waals surface area contributed by atoms with Gasteiger partial charge in [0.1, 0.15) is 0 Å². The molecule has 0 aliphatic heterocycles. The van der Waals surface area contributed by atoms with E-state index in [0.717, 1.165) is 25.7 Å². The van der Waals surface area contributed by atoms with Crippen LogP contribution < -0.4 is 0 Å². The van der Waals surface area contributed by atoms with Crippen LogP contribution in [0.1, 0.15) is 135 Å². The molecule has 1 N–H and O–H groups in total. The van der Waals surface area contributed by atoms with Gasteiger partial charge in [0.2, 0.25) is 0 Å². The van der Waals surface area contributed by atoms with Crippen LogP contribution in [0, 0.1) is 0 Å². The molecule has 0 aromatic heterocycles. The van der Waals surface area contributed by atoms with E-state index in [1.165, 1.54) is 96.3 Å². The van der Waals surface area contributed by atoms with E-state index in [1.807, 2.05) is 0 Å². The number of allylic oxidation sites excluding steroid dienone is 2. The Bertz CT molecular complexity index is 309. The molecule has 0 unspecified atom stereocenters. The van der Waals surface area contributed by atoms with Crippen LogP contribution in [0.25, 0.3) is 0 Å². The fourth-order valence-corrected chi connectivity index (χ4v) is 3.41. The highest BCUT2D eigenvalue weighted by Gasteiger charge is 1.96. The Morgan fingerprint density at radius 3 is 1.31 bits per heavy atom. The highest BCUT2D eigenvalue weighted by atomic mass is 16.4. The number of carboxylic acids is 1. The van der Waals surface area contributed by atoms with Crippen molar-refractivity contribution < 1.29 is 9.90 Å². The minimum Gasteiger partial charge on any atom is -0.481 e. The first kappa shape index (κ1) is 25.2. The molecule has 0 rings (SSSR count). The van der Waals surface area contributed by atoms with Gasteiger partial charge in [-0.15, -0.1) is 0 Å². The van der Waals surface area contributed by atoms with Gasteiger partial charge in [-0.3, -0.25) is 4.79 Å². The zero-order chi connectivity index (χ0) is 19.1. The van der Waals surface area contributed by atoms with E-state index in [9.17, 15) is 4.79 Å². The molecule has 0 amide bonds. The fourth-order valence-electron chi connectivity index (χ4n) is 3.41. The second-order valence-electron chi connectivity index (χ2n) is 7.85. The normalized spacial score (nSPS) is 11.4. The Hall–Kier alpha value is -0.790. The average Bonchev–Trinajstić information content (AvgIpc) is 2.62. The van der Waals surface area contributed by atoms with Crippen molar-refractivity contribution in [2.75, 3.05) is 0 Å². The summed E-state index contributed by atoms with van der Waals surface area (Å²) >= 11 is 0. The van der Waals surface area contributed by atoms with Crippen molar-refractivity contribution in [3.63, 3.8) is 0 Å². The Labute approximate surface area is 163 Å². The first-order valence-corrected chi connectivity index (χ1v) is 11.6. The first-order chi connectivity index (χ1) is 12.8. The molecule has 2 nitrogen and oxygen atoms in total. The molecule has 154 valence electrons. The van der Waals surface area contributed by atoms with E-state index in [0.29, 0.717) is 6.42 Å². The van der Waals surface area contributed by atoms with Crippen molar-refractivity contribution >= 4 is 5.97 Å². The maximum Gasteiger partial charge on any atom is 0.303 e. The van der Waals surface area contributed by atoms with E-state index in [2.05, 4.69) is 19.1 Å². The van der Waals surface area contributed by atoms with Crippen LogP contribution in [0.15, 0.2) is 12.2 Å². The summed E-state index contributed by atoms with van der Waals surface area (Å²) in [6.07, 6.45) is 30.1. The summed E-state index contributed by atoms with van der Waals surface area (Å²) in [5, 5.41) is 8.56. The van der Waals surface area contributed by atoms with Gasteiger partial charge in [-0.05, 0) is 32.1 Å². The Kier molecular flexibility index (Phi) is 21.6. The smallest absolute Gasteiger partial charge is 0.303 e. The molecule has 0 saturated heterocycles. The molecule has 0 aromatic carbocycles. The van der Waals surface area contributed by atoms with Crippen molar-refractivity contribution in [3.8, 4) is 0 Å². The van der Waals surface area contributed by atoms with Gasteiger partial charge >= 0.3 is 5.97 Å². The summed E-state index contributed by atoms with van der Waals surface area (Å²) in [6, 6.07) is 0. The first-order valence-electron chi connectivity index (χ1n) is 11.6. The second kappa shape index (κ2) is 22.3. The van der Waals surface area contributed by atoms with E-state index in [1.54, 1.807) is 0 Å². The summed E-state index contributed by atoms with van der Waals surface area (Å²) in [6.45, 7) is 2.28. The molecule has 0 radical (unpaired) electrons. The maximum absolute atomic E-state index is 10.4. The maximum atomic E-state index is 10.4. The van der Waals surface area contributed by atoms with Gasteiger partial charge in [-0.25, -0.2) is 0 Å². The molecular weight excluding hydrogens is 320 g/mol. The zero-order valence-electron chi connectivity index (χ0n) is 17.7. The molecule has 0 atom stereocenters. The lowest BCUT2D eigenvalue weighted by molar-refractivity contribution is -0.137. The van der Waals surface area contributed by atoms with Gasteiger partial charge in [-0.2, -0.15) is 0 Å². The third kappa shape index (κ3) is 23.2. The van der Waals surface area contributed by atoms with Crippen LogP contribution in [-0.2, 0) is 4.79 Å². The Morgan fingerprint density at radius 1 is 0.577 bits per heavy atom. The highest BCUT2D eigenvalue weighted by molar-refractivity contribution is 5.66. The standard InChI is InChI=1S/C24H46O2/c1-2-3-4-5-6-7-8-9-10-11-12-13-14-15-16-17-18-19-20-21-22-23-24(25)26/h16-17H,2-15,18-23H2,1H3,(H,25,26). The Balaban J connectivity index is 3.07. The van der Waals surface area contributed by atoms with Gasteiger partial charge in [0.05, 0.1) is 0 Å². The average molecular weight is 367 g/mol. The quantitative estimate of drug-likeness (QED) is 0.163. The van der Waals surface area contributed by atoms with Crippen molar-refractivity contribution in [2.45, 2.75) is 135 Å². The van der Waals surface area contributed by atoms with Crippen LogP contribution in [0.4, 0.5) is 0 Å². The number of hydrogen-bond donors (Lipinski definition) is 1. The summed E-state index contributed by atoms with van der Waals surface area (Å²) in [5.74, 6) is -0.664. The molecule has 0 aromatic rings. The molecule has 26 heavy (non-hydrogen) atoms. The number of aliphatic carboxylic acids is 1. The van der Waals surface area contributed by atoms with Gasteiger partial charge in [0, 0.05) is 6.42 Å². The van der Waals surface area contributed by atoms with Gasteiger partial charge < -0.3 is 5.11 Å².